The maximum absolute atomic E-state index is 12.6. The third-order valence-corrected chi connectivity index (χ3v) is 3.75. The summed E-state index contributed by atoms with van der Waals surface area (Å²) < 4.78 is 0. The molecular formula is C21H26N4O3. The molecule has 0 heterocycles. The maximum Gasteiger partial charge on any atom is 0.257 e. The molecule has 0 saturated carbocycles. The highest BCUT2D eigenvalue weighted by Crippen LogP contribution is 2.17. The van der Waals surface area contributed by atoms with Gasteiger partial charge in [0.1, 0.15) is 0 Å². The van der Waals surface area contributed by atoms with Gasteiger partial charge in [-0.2, -0.15) is 0 Å². The quantitative estimate of drug-likeness (QED) is 0.654. The van der Waals surface area contributed by atoms with Crippen molar-refractivity contribution in [1.29, 1.82) is 0 Å². The summed E-state index contributed by atoms with van der Waals surface area (Å²) in [6, 6.07) is 15.9. The van der Waals surface area contributed by atoms with Gasteiger partial charge in [0.25, 0.3) is 5.91 Å². The van der Waals surface area contributed by atoms with Crippen molar-refractivity contribution in [3.63, 3.8) is 0 Å². The Hall–Kier alpha value is -3.19. The lowest BCUT2D eigenvalue weighted by atomic mass is 10.1. The molecule has 7 heteroatoms. The molecule has 0 atom stereocenters. The number of likely N-dealkylation sites (N-methyl/N-ethyl adjacent to an activating group) is 1. The van der Waals surface area contributed by atoms with Crippen LogP contribution in [0.25, 0.3) is 0 Å². The molecule has 2 aromatic rings. The average Bonchev–Trinajstić information content (AvgIpc) is 2.61. The fourth-order valence-corrected chi connectivity index (χ4v) is 2.61. The van der Waals surface area contributed by atoms with Gasteiger partial charge in [0.15, 0.2) is 0 Å². The van der Waals surface area contributed by atoms with Crippen LogP contribution in [0.5, 0.6) is 0 Å². The highest BCUT2D eigenvalue weighted by Gasteiger charge is 2.15. The fraction of sp³-hybridized carbons (Fsp3) is 0.286. The van der Waals surface area contributed by atoms with E-state index in [0.717, 1.165) is 0 Å². The van der Waals surface area contributed by atoms with E-state index in [9.17, 15) is 14.4 Å². The second-order valence-electron chi connectivity index (χ2n) is 6.81. The van der Waals surface area contributed by atoms with Crippen molar-refractivity contribution >= 4 is 29.1 Å². The van der Waals surface area contributed by atoms with Crippen LogP contribution >= 0.6 is 0 Å². The summed E-state index contributed by atoms with van der Waals surface area (Å²) in [5.74, 6) is -0.764. The molecule has 0 aliphatic rings. The van der Waals surface area contributed by atoms with Gasteiger partial charge >= 0.3 is 0 Å². The zero-order valence-corrected chi connectivity index (χ0v) is 16.4. The molecule has 0 unspecified atom stereocenters. The Morgan fingerprint density at radius 1 is 0.857 bits per heavy atom. The number of rotatable bonds is 8. The zero-order valence-electron chi connectivity index (χ0n) is 16.4. The predicted molar refractivity (Wildman–Crippen MR) is 110 cm³/mol. The number of carbonyl (C=O) groups is 3. The van der Waals surface area contributed by atoms with Gasteiger partial charge in [-0.3, -0.25) is 19.3 Å². The van der Waals surface area contributed by atoms with E-state index in [4.69, 9.17) is 0 Å². The molecule has 0 bridgehead atoms. The lowest BCUT2D eigenvalue weighted by Gasteiger charge is -2.18. The van der Waals surface area contributed by atoms with Crippen LogP contribution in [0.4, 0.5) is 11.4 Å². The summed E-state index contributed by atoms with van der Waals surface area (Å²) in [5, 5.41) is 8.33. The number of para-hydroxylation sites is 2. The van der Waals surface area contributed by atoms with Crippen molar-refractivity contribution in [2.24, 2.45) is 0 Å². The number of carbonyl (C=O) groups excluding carboxylic acids is 3. The van der Waals surface area contributed by atoms with Crippen LogP contribution in [0.1, 0.15) is 24.2 Å². The largest absolute Gasteiger partial charge is 0.353 e. The molecule has 0 spiro atoms. The Balaban J connectivity index is 1.97. The summed E-state index contributed by atoms with van der Waals surface area (Å²) in [6.07, 6.45) is 0. The Kier molecular flexibility index (Phi) is 7.71. The van der Waals surface area contributed by atoms with E-state index in [1.165, 1.54) is 0 Å². The number of benzene rings is 2. The number of amides is 3. The van der Waals surface area contributed by atoms with E-state index in [0.29, 0.717) is 16.9 Å². The lowest BCUT2D eigenvalue weighted by Crippen LogP contribution is -2.41. The van der Waals surface area contributed by atoms with E-state index in [1.807, 2.05) is 32.0 Å². The highest BCUT2D eigenvalue weighted by molar-refractivity contribution is 6.10. The Morgan fingerprint density at radius 3 is 2.14 bits per heavy atom. The Labute approximate surface area is 165 Å². The first-order chi connectivity index (χ1) is 13.3. The number of nitrogens with one attached hydrogen (secondary N) is 3. The van der Waals surface area contributed by atoms with Crippen LogP contribution in [0.2, 0.25) is 0 Å². The fourth-order valence-electron chi connectivity index (χ4n) is 2.61. The summed E-state index contributed by atoms with van der Waals surface area (Å²) in [7, 11) is 1.69. The minimum absolute atomic E-state index is 0.0279. The second kappa shape index (κ2) is 10.2. The molecule has 0 aliphatic heterocycles. The van der Waals surface area contributed by atoms with Gasteiger partial charge in [-0.25, -0.2) is 0 Å². The molecule has 0 aromatic heterocycles. The van der Waals surface area contributed by atoms with E-state index < -0.39 is 0 Å². The molecular weight excluding hydrogens is 356 g/mol. The van der Waals surface area contributed by atoms with Crippen molar-refractivity contribution in [2.75, 3.05) is 30.8 Å². The van der Waals surface area contributed by atoms with Crippen molar-refractivity contribution in [3.05, 3.63) is 60.2 Å². The van der Waals surface area contributed by atoms with E-state index >= 15 is 0 Å². The number of hydrogen-bond acceptors (Lipinski definition) is 4. The zero-order chi connectivity index (χ0) is 20.5. The monoisotopic (exact) mass is 382 g/mol. The summed E-state index contributed by atoms with van der Waals surface area (Å²) in [5.41, 5.74) is 1.45. The molecule has 0 saturated heterocycles. The highest BCUT2D eigenvalue weighted by atomic mass is 16.2. The van der Waals surface area contributed by atoms with E-state index in [1.54, 1.807) is 48.3 Å². The molecule has 0 radical (unpaired) electrons. The standard InChI is InChI=1S/C21H26N4O3/c1-15(2)22-19(26)13-25(3)14-20(27)24-18-12-8-7-11-17(18)21(28)23-16-9-5-4-6-10-16/h4-12,15H,13-14H2,1-3H3,(H,22,26)(H,23,28)(H,24,27). The minimum Gasteiger partial charge on any atom is -0.353 e. The molecule has 28 heavy (non-hydrogen) atoms. The molecule has 2 aromatic carbocycles. The second-order valence-corrected chi connectivity index (χ2v) is 6.81. The van der Waals surface area contributed by atoms with Crippen molar-refractivity contribution < 1.29 is 14.4 Å². The SMILES string of the molecule is CC(C)NC(=O)CN(C)CC(=O)Nc1ccccc1C(=O)Nc1ccccc1. The third kappa shape index (κ3) is 6.85. The van der Waals surface area contributed by atoms with Gasteiger partial charge in [0.2, 0.25) is 11.8 Å². The van der Waals surface area contributed by atoms with Crippen LogP contribution in [-0.4, -0.2) is 48.8 Å². The average molecular weight is 382 g/mol. The first-order valence-corrected chi connectivity index (χ1v) is 9.08. The van der Waals surface area contributed by atoms with Gasteiger partial charge in [0.05, 0.1) is 24.3 Å². The van der Waals surface area contributed by atoms with E-state index in [-0.39, 0.29) is 36.9 Å². The van der Waals surface area contributed by atoms with E-state index in [2.05, 4.69) is 16.0 Å². The molecule has 2 rings (SSSR count). The van der Waals surface area contributed by atoms with Gasteiger partial charge in [0, 0.05) is 11.7 Å². The van der Waals surface area contributed by atoms with Crippen molar-refractivity contribution in [2.45, 2.75) is 19.9 Å². The lowest BCUT2D eigenvalue weighted by molar-refractivity contribution is -0.123. The molecule has 7 nitrogen and oxygen atoms in total. The van der Waals surface area contributed by atoms with Crippen molar-refractivity contribution in [3.8, 4) is 0 Å². The normalized spacial score (nSPS) is 10.6. The van der Waals surface area contributed by atoms with Crippen LogP contribution in [-0.2, 0) is 9.59 Å². The van der Waals surface area contributed by atoms with Gasteiger partial charge in [-0.15, -0.1) is 0 Å². The minimum atomic E-state index is -0.313. The Bertz CT molecular complexity index is 821. The van der Waals surface area contributed by atoms with Crippen LogP contribution < -0.4 is 16.0 Å². The van der Waals surface area contributed by atoms with Crippen LogP contribution in [0.15, 0.2) is 54.6 Å². The predicted octanol–water partition coefficient (Wildman–Crippen LogP) is 2.33. The molecule has 3 N–H and O–H groups in total. The smallest absolute Gasteiger partial charge is 0.257 e. The first kappa shape index (κ1) is 21.1. The van der Waals surface area contributed by atoms with Gasteiger partial charge in [-0.1, -0.05) is 30.3 Å². The van der Waals surface area contributed by atoms with Crippen LogP contribution in [0, 0.1) is 0 Å². The summed E-state index contributed by atoms with van der Waals surface area (Å²) in [6.45, 7) is 3.89. The summed E-state index contributed by atoms with van der Waals surface area (Å²) in [4.78, 5) is 38.3. The molecule has 0 fully saturated rings. The topological polar surface area (TPSA) is 90.5 Å². The van der Waals surface area contributed by atoms with Gasteiger partial charge < -0.3 is 16.0 Å². The molecule has 148 valence electrons. The number of anilines is 2. The van der Waals surface area contributed by atoms with Crippen LogP contribution in [0.3, 0.4) is 0 Å². The number of hydrogen-bond donors (Lipinski definition) is 3. The molecule has 3 amide bonds. The maximum atomic E-state index is 12.6. The third-order valence-electron chi connectivity index (χ3n) is 3.75. The molecule has 0 aliphatic carbocycles. The van der Waals surface area contributed by atoms with Crippen molar-refractivity contribution in [1.82, 2.24) is 10.2 Å². The first-order valence-electron chi connectivity index (χ1n) is 9.08. The summed E-state index contributed by atoms with van der Waals surface area (Å²) >= 11 is 0. The Morgan fingerprint density at radius 2 is 1.46 bits per heavy atom. The van der Waals surface area contributed by atoms with Gasteiger partial charge in [-0.05, 0) is 45.2 Å². The number of nitrogens with zero attached hydrogens (tertiary/aromatic N) is 1.